The molecule has 1 rings (SSSR count). The number of hydrogen-bond donors (Lipinski definition) is 1. The van der Waals surface area contributed by atoms with Gasteiger partial charge in [-0.15, -0.1) is 0 Å². The Bertz CT molecular complexity index is 235. The van der Waals surface area contributed by atoms with Crippen molar-refractivity contribution in [1.82, 2.24) is 0 Å². The molecule has 1 nitrogen and oxygen atoms in total. The van der Waals surface area contributed by atoms with E-state index in [1.807, 2.05) is 22.6 Å². The van der Waals surface area contributed by atoms with Crippen LogP contribution in [0.1, 0.15) is 0 Å². The average Bonchev–Trinajstić information content (AvgIpc) is 1.93. The summed E-state index contributed by atoms with van der Waals surface area (Å²) in [6.45, 7) is 0. The highest BCUT2D eigenvalue weighted by molar-refractivity contribution is 14.1. The Balaban J connectivity index is 3.34. The lowest BCUT2D eigenvalue weighted by Gasteiger charge is -2.00. The highest BCUT2D eigenvalue weighted by atomic mass is 127. The monoisotopic (exact) mass is 380 g/mol. The Morgan fingerprint density at radius 2 is 1.90 bits per heavy atom. The van der Waals surface area contributed by atoms with Gasteiger partial charge in [0.15, 0.2) is 0 Å². The fraction of sp³-hybridized carbons (Fsp3) is 0. The van der Waals surface area contributed by atoms with Crippen LogP contribution < -0.4 is 0 Å². The second-order valence-corrected chi connectivity index (χ2v) is 4.31. The van der Waals surface area contributed by atoms with Crippen LogP contribution in [0.4, 0.5) is 0 Å². The Morgan fingerprint density at radius 1 is 1.30 bits per heavy atom. The van der Waals surface area contributed by atoms with Gasteiger partial charge >= 0.3 is 0 Å². The molecule has 1 aromatic rings. The van der Waals surface area contributed by atoms with Crippen LogP contribution in [-0.2, 0) is 0 Å². The first-order valence-electron chi connectivity index (χ1n) is 2.45. The molecule has 0 heterocycles. The molecular formula is C6H3ClI2O. The number of benzene rings is 1. The molecule has 0 radical (unpaired) electrons. The Hall–Kier alpha value is 0.770. The van der Waals surface area contributed by atoms with Gasteiger partial charge in [-0.05, 0) is 57.3 Å². The van der Waals surface area contributed by atoms with Crippen LogP contribution >= 0.6 is 56.8 Å². The van der Waals surface area contributed by atoms with E-state index >= 15 is 0 Å². The molecule has 0 aliphatic carbocycles. The van der Waals surface area contributed by atoms with Crippen molar-refractivity contribution in [2.24, 2.45) is 0 Å². The quantitative estimate of drug-likeness (QED) is 0.541. The minimum absolute atomic E-state index is 0.242. The van der Waals surface area contributed by atoms with Gasteiger partial charge < -0.3 is 5.11 Å². The Kier molecular flexibility index (Phi) is 3.05. The third kappa shape index (κ3) is 1.68. The molecular weight excluding hydrogens is 377 g/mol. The number of rotatable bonds is 0. The summed E-state index contributed by atoms with van der Waals surface area (Å²) in [6.07, 6.45) is 0. The Labute approximate surface area is 91.1 Å². The fourth-order valence-corrected chi connectivity index (χ4v) is 2.11. The minimum atomic E-state index is 0.242. The molecule has 1 aromatic carbocycles. The number of phenolic OH excluding ortho intramolecular Hbond substituents is 1. The number of aromatic hydroxyl groups is 1. The first-order chi connectivity index (χ1) is 4.63. The smallest absolute Gasteiger partial charge is 0.130 e. The van der Waals surface area contributed by atoms with E-state index < -0.39 is 0 Å². The molecule has 0 saturated carbocycles. The zero-order chi connectivity index (χ0) is 7.72. The third-order valence-corrected chi connectivity index (χ3v) is 4.04. The van der Waals surface area contributed by atoms with Crippen LogP contribution in [0.5, 0.6) is 5.75 Å². The van der Waals surface area contributed by atoms with Gasteiger partial charge in [0, 0.05) is 3.57 Å². The van der Waals surface area contributed by atoms with Crippen molar-refractivity contribution in [1.29, 1.82) is 0 Å². The van der Waals surface area contributed by atoms with E-state index in [4.69, 9.17) is 16.7 Å². The molecule has 0 saturated heterocycles. The molecule has 0 bridgehead atoms. The van der Waals surface area contributed by atoms with Crippen molar-refractivity contribution < 1.29 is 5.11 Å². The third-order valence-electron chi connectivity index (χ3n) is 1.01. The van der Waals surface area contributed by atoms with Gasteiger partial charge in [-0.2, -0.15) is 0 Å². The highest BCUT2D eigenvalue weighted by Crippen LogP contribution is 2.30. The molecule has 0 unspecified atom stereocenters. The number of halogens is 3. The number of phenols is 1. The molecule has 54 valence electrons. The molecule has 0 aliphatic heterocycles. The van der Waals surface area contributed by atoms with E-state index in [1.165, 1.54) is 0 Å². The van der Waals surface area contributed by atoms with Crippen molar-refractivity contribution in [3.05, 3.63) is 24.3 Å². The molecule has 10 heavy (non-hydrogen) atoms. The van der Waals surface area contributed by atoms with Crippen LogP contribution in [0.3, 0.4) is 0 Å². The van der Waals surface area contributed by atoms with Gasteiger partial charge in [-0.25, -0.2) is 0 Å². The second-order valence-electron chi connectivity index (χ2n) is 1.69. The SMILES string of the molecule is Oc1ccc(I)c(Cl)c1I. The molecule has 0 amide bonds. The summed E-state index contributed by atoms with van der Waals surface area (Å²) in [5.74, 6) is 0.242. The summed E-state index contributed by atoms with van der Waals surface area (Å²) in [6, 6.07) is 3.41. The van der Waals surface area contributed by atoms with Gasteiger partial charge in [0.1, 0.15) is 5.75 Å². The van der Waals surface area contributed by atoms with Gasteiger partial charge in [0.2, 0.25) is 0 Å². The molecule has 0 atom stereocenters. The maximum atomic E-state index is 9.13. The van der Waals surface area contributed by atoms with Crippen molar-refractivity contribution in [2.45, 2.75) is 0 Å². The highest BCUT2D eigenvalue weighted by Gasteiger charge is 2.04. The lowest BCUT2D eigenvalue weighted by Crippen LogP contribution is -1.79. The second kappa shape index (κ2) is 3.44. The minimum Gasteiger partial charge on any atom is -0.507 e. The summed E-state index contributed by atoms with van der Waals surface area (Å²) in [4.78, 5) is 0. The average molecular weight is 380 g/mol. The summed E-state index contributed by atoms with van der Waals surface area (Å²) in [7, 11) is 0. The van der Waals surface area contributed by atoms with E-state index in [2.05, 4.69) is 22.6 Å². The molecule has 0 fully saturated rings. The normalized spacial score (nSPS) is 9.90. The maximum absolute atomic E-state index is 9.13. The van der Waals surface area contributed by atoms with Crippen LogP contribution in [0.2, 0.25) is 5.02 Å². The van der Waals surface area contributed by atoms with E-state index in [0.717, 1.165) is 3.57 Å². The van der Waals surface area contributed by atoms with Gasteiger partial charge in [-0.3, -0.25) is 0 Å². The summed E-state index contributed by atoms with van der Waals surface area (Å²) in [5, 5.41) is 9.76. The number of hydrogen-bond acceptors (Lipinski definition) is 1. The maximum Gasteiger partial charge on any atom is 0.130 e. The van der Waals surface area contributed by atoms with Crippen LogP contribution in [0, 0.1) is 7.14 Å². The lowest BCUT2D eigenvalue weighted by molar-refractivity contribution is 0.471. The van der Waals surface area contributed by atoms with Crippen LogP contribution in [0.25, 0.3) is 0 Å². The first-order valence-corrected chi connectivity index (χ1v) is 4.99. The zero-order valence-corrected chi connectivity index (χ0v) is 9.81. The van der Waals surface area contributed by atoms with Crippen LogP contribution in [0.15, 0.2) is 12.1 Å². The standard InChI is InChI=1S/C6H3ClI2O/c7-5-3(8)1-2-4(10)6(5)9/h1-2,10H. The van der Waals surface area contributed by atoms with E-state index in [9.17, 15) is 0 Å². The van der Waals surface area contributed by atoms with Crippen molar-refractivity contribution >= 4 is 56.8 Å². The molecule has 0 aromatic heterocycles. The predicted octanol–water partition coefficient (Wildman–Crippen LogP) is 3.25. The van der Waals surface area contributed by atoms with Gasteiger partial charge in [0.25, 0.3) is 0 Å². The molecule has 0 aliphatic rings. The molecule has 1 N–H and O–H groups in total. The van der Waals surface area contributed by atoms with Crippen molar-refractivity contribution in [3.8, 4) is 5.75 Å². The van der Waals surface area contributed by atoms with Crippen molar-refractivity contribution in [3.63, 3.8) is 0 Å². The fourth-order valence-electron chi connectivity index (χ4n) is 0.516. The summed E-state index contributed by atoms with van der Waals surface area (Å²) >= 11 is 9.93. The predicted molar refractivity (Wildman–Crippen MR) is 58.6 cm³/mol. The van der Waals surface area contributed by atoms with Crippen molar-refractivity contribution in [2.75, 3.05) is 0 Å². The van der Waals surface area contributed by atoms with Gasteiger partial charge in [0.05, 0.1) is 8.59 Å². The zero-order valence-electron chi connectivity index (χ0n) is 4.74. The molecule has 0 spiro atoms. The van der Waals surface area contributed by atoms with Crippen LogP contribution in [-0.4, -0.2) is 5.11 Å². The van der Waals surface area contributed by atoms with E-state index in [-0.39, 0.29) is 5.75 Å². The lowest BCUT2D eigenvalue weighted by atomic mass is 10.3. The van der Waals surface area contributed by atoms with E-state index in [1.54, 1.807) is 12.1 Å². The summed E-state index contributed by atoms with van der Waals surface area (Å²) in [5.41, 5.74) is 0. The first kappa shape index (κ1) is 8.86. The molecule has 4 heteroatoms. The van der Waals surface area contributed by atoms with Gasteiger partial charge in [-0.1, -0.05) is 11.6 Å². The largest absolute Gasteiger partial charge is 0.507 e. The van der Waals surface area contributed by atoms with E-state index in [0.29, 0.717) is 8.59 Å². The topological polar surface area (TPSA) is 20.2 Å². The summed E-state index contributed by atoms with van der Waals surface area (Å²) < 4.78 is 1.67. The Morgan fingerprint density at radius 3 is 2.40 bits per heavy atom.